The van der Waals surface area contributed by atoms with Gasteiger partial charge in [-0.15, -0.1) is 11.3 Å². The van der Waals surface area contributed by atoms with E-state index in [4.69, 9.17) is 29.5 Å². The van der Waals surface area contributed by atoms with E-state index in [0.717, 1.165) is 104 Å². The molecule has 0 spiro atoms. The highest BCUT2D eigenvalue weighted by Crippen LogP contribution is 2.36. The third-order valence-electron chi connectivity index (χ3n) is 13.4. The van der Waals surface area contributed by atoms with Crippen LogP contribution in [0.25, 0.3) is 0 Å². The summed E-state index contributed by atoms with van der Waals surface area (Å²) in [4.78, 5) is 64.5. The minimum atomic E-state index is -0.627. The maximum atomic E-state index is 13.0. The average Bonchev–Trinajstić information content (AvgIpc) is 3.37. The summed E-state index contributed by atoms with van der Waals surface area (Å²) in [5.41, 5.74) is 5.37. The number of ether oxygens (including phenoxy) is 5. The molecular formula is C63H90BrN11O9S. The van der Waals surface area contributed by atoms with Crippen LogP contribution in [0, 0.1) is 6.92 Å². The maximum absolute atomic E-state index is 13.0. The lowest BCUT2D eigenvalue weighted by molar-refractivity contribution is -0.141. The summed E-state index contributed by atoms with van der Waals surface area (Å²) in [6.07, 6.45) is 12.7. The molecule has 0 radical (unpaired) electrons. The van der Waals surface area contributed by atoms with Gasteiger partial charge in [-0.3, -0.25) is 24.2 Å². The minimum Gasteiger partial charge on any atom is -0.494 e. The number of anilines is 2. The zero-order valence-electron chi connectivity index (χ0n) is 50.4. The van der Waals surface area contributed by atoms with Crippen LogP contribution in [-0.4, -0.2) is 193 Å². The number of hydrogen-bond acceptors (Lipinski definition) is 17. The van der Waals surface area contributed by atoms with Crippen molar-refractivity contribution in [1.82, 2.24) is 29.9 Å². The monoisotopic (exact) mass is 1260 g/mol. The van der Waals surface area contributed by atoms with Gasteiger partial charge in [0.1, 0.15) is 24.1 Å². The number of halogens is 1. The molecule has 85 heavy (non-hydrogen) atoms. The molecule has 1 saturated heterocycles. The van der Waals surface area contributed by atoms with Crippen molar-refractivity contribution in [2.45, 2.75) is 70.9 Å². The summed E-state index contributed by atoms with van der Waals surface area (Å²) < 4.78 is 29.2. The van der Waals surface area contributed by atoms with Crippen molar-refractivity contribution in [2.75, 3.05) is 137 Å². The predicted molar refractivity (Wildman–Crippen MR) is 345 cm³/mol. The number of aryl methyl sites for hydroxylation is 1. The van der Waals surface area contributed by atoms with Gasteiger partial charge in [0, 0.05) is 87.0 Å². The van der Waals surface area contributed by atoms with Crippen LogP contribution in [0.15, 0.2) is 130 Å². The van der Waals surface area contributed by atoms with Gasteiger partial charge in [0.2, 0.25) is 24.1 Å². The van der Waals surface area contributed by atoms with E-state index in [-0.39, 0.29) is 23.8 Å². The van der Waals surface area contributed by atoms with Gasteiger partial charge in [0.05, 0.1) is 70.6 Å². The highest BCUT2D eigenvalue weighted by atomic mass is 79.9. The number of hydrogen-bond donors (Lipinski definition) is 4. The largest absolute Gasteiger partial charge is 0.494 e. The third-order valence-corrected chi connectivity index (χ3v) is 14.7. The van der Waals surface area contributed by atoms with E-state index in [1.165, 1.54) is 16.9 Å². The number of piperazine rings is 1. The Bertz CT molecular complexity index is 2660. The number of carbonyl (C=O) groups excluding carboxylic acids is 4. The molecule has 1 aromatic heterocycles. The van der Waals surface area contributed by atoms with Gasteiger partial charge in [-0.2, -0.15) is 5.10 Å². The number of nitrogens with two attached hydrogens (primary N) is 1. The first kappa shape index (κ1) is 70.7. The number of aromatic nitrogens is 1. The van der Waals surface area contributed by atoms with Crippen LogP contribution in [-0.2, 0) is 39.8 Å². The number of likely N-dealkylation sites (N-methyl/N-ethyl adjacent to an activating group) is 2. The number of thiazole rings is 1. The van der Waals surface area contributed by atoms with Gasteiger partial charge >= 0.3 is 0 Å². The first-order valence-electron chi connectivity index (χ1n) is 29.0. The Hall–Kier alpha value is -6.79. The zero-order valence-corrected chi connectivity index (χ0v) is 52.8. The molecule has 1 unspecified atom stereocenters. The number of aliphatic imine (C=N–C) groups is 1. The molecule has 4 aromatic rings. The number of amides is 4. The Morgan fingerprint density at radius 2 is 1.53 bits per heavy atom. The maximum Gasteiger partial charge on any atom is 0.247 e. The molecular weight excluding hydrogens is 1170 g/mol. The van der Waals surface area contributed by atoms with Crippen molar-refractivity contribution in [3.05, 3.63) is 136 Å². The summed E-state index contributed by atoms with van der Waals surface area (Å²) >= 11 is 4.75. The van der Waals surface area contributed by atoms with Crippen molar-refractivity contribution in [3.8, 4) is 11.5 Å². The second kappa shape index (κ2) is 42.1. The van der Waals surface area contributed by atoms with Gasteiger partial charge in [-0.1, -0.05) is 84.1 Å². The lowest BCUT2D eigenvalue weighted by Crippen LogP contribution is -2.47. The zero-order chi connectivity index (χ0) is 61.4. The highest BCUT2D eigenvalue weighted by Gasteiger charge is 2.40. The fraction of sp³-hybridized carbons (Fsp3) is 0.476. The SMILES string of the molecule is C=C/C=C(\C=C)CNC(=O)C(c1ccc(Br)cc1)N(C(=O)CC)C1CC1.CN1CCN(C(=O)Cc2csc(NC=O)n2)CC1.CNc1ccc(OCCOCCN=C/C(CCOCCOCCN(C)CCCCOc2ccc(C)cc2)=N\N)cc1. The minimum absolute atomic E-state index is 0.00106. The molecule has 2 heterocycles. The first-order valence-corrected chi connectivity index (χ1v) is 30.7. The van der Waals surface area contributed by atoms with Gasteiger partial charge in [0.25, 0.3) is 0 Å². The van der Waals surface area contributed by atoms with Gasteiger partial charge in [-0.05, 0) is 113 Å². The lowest BCUT2D eigenvalue weighted by atomic mass is 10.0. The first-order chi connectivity index (χ1) is 41.3. The van der Waals surface area contributed by atoms with Crippen molar-refractivity contribution in [3.63, 3.8) is 0 Å². The van der Waals surface area contributed by atoms with Crippen LogP contribution < -0.4 is 31.3 Å². The summed E-state index contributed by atoms with van der Waals surface area (Å²) in [6, 6.07) is 23.0. The molecule has 464 valence electrons. The van der Waals surface area contributed by atoms with Crippen LogP contribution in [0.4, 0.5) is 10.8 Å². The molecule has 5 N–H and O–H groups in total. The third kappa shape index (κ3) is 29.2. The number of nitrogens with one attached hydrogen (secondary N) is 3. The number of allylic oxidation sites excluding steroid dienone is 2. The standard InChI is InChI=1S/C31H49N5O5.C21H25BrN2O2.C11H16N4O2S/c1-27-6-10-30(11-7-27)40-18-5-4-16-36(3)17-21-39-23-22-37-19-14-29(35-32)26-34-15-20-38-24-25-41-31-12-8-28(33-2)9-13-31;1-4-7-15(5-2)14-23-21(26)20(16-8-10-17(22)11-9-16)24(18-12-13-18)19(25)6-3;1-14-2-4-15(5-3-14)10(17)6-9-7-18-11(13-9)12-8-16/h6-13,26,33H,4-5,14-25,32H2,1-3H3;4-5,7-11,18,20H,1-2,6,12-14H2,3H3,(H,23,26);7-8H,2-6H2,1H3,(H,12,13,16)/b34-26?,35-29-;15-7+;. The molecule has 20 nitrogen and oxygen atoms in total. The normalized spacial score (nSPS) is 13.8. The fourth-order valence-corrected chi connectivity index (χ4v) is 9.20. The summed E-state index contributed by atoms with van der Waals surface area (Å²) in [5.74, 6) is 7.15. The summed E-state index contributed by atoms with van der Waals surface area (Å²) in [7, 11) is 6.05. The molecule has 1 aliphatic carbocycles. The molecule has 6 rings (SSSR count). The predicted octanol–water partition coefficient (Wildman–Crippen LogP) is 8.37. The smallest absolute Gasteiger partial charge is 0.247 e. The quantitative estimate of drug-likeness (QED) is 0.00831. The Morgan fingerprint density at radius 1 is 0.871 bits per heavy atom. The van der Waals surface area contributed by atoms with Crippen molar-refractivity contribution >= 4 is 74.1 Å². The Morgan fingerprint density at radius 3 is 2.16 bits per heavy atom. The molecule has 2 fully saturated rings. The number of carbonyl (C=O) groups is 4. The molecule has 0 bridgehead atoms. The topological polar surface area (TPSA) is 227 Å². The van der Waals surface area contributed by atoms with Crippen molar-refractivity contribution in [1.29, 1.82) is 0 Å². The number of hydrazone groups is 1. The van der Waals surface area contributed by atoms with Crippen LogP contribution in [0.1, 0.15) is 68.3 Å². The van der Waals surface area contributed by atoms with E-state index in [9.17, 15) is 19.2 Å². The second-order valence-electron chi connectivity index (χ2n) is 20.0. The summed E-state index contributed by atoms with van der Waals surface area (Å²) in [6.45, 7) is 22.0. The van der Waals surface area contributed by atoms with Crippen LogP contribution in [0.5, 0.6) is 11.5 Å². The number of unbranched alkanes of at least 4 members (excludes halogenated alkanes) is 1. The molecule has 22 heteroatoms. The van der Waals surface area contributed by atoms with Crippen molar-refractivity contribution in [2.24, 2.45) is 15.9 Å². The molecule has 3 aromatic carbocycles. The van der Waals surface area contributed by atoms with Gasteiger partial charge in [0.15, 0.2) is 5.13 Å². The summed E-state index contributed by atoms with van der Waals surface area (Å²) in [5, 5.41) is 14.6. The van der Waals surface area contributed by atoms with E-state index in [0.29, 0.717) is 102 Å². The van der Waals surface area contributed by atoms with E-state index < -0.39 is 6.04 Å². The number of nitrogens with zero attached hydrogens (tertiary/aromatic N) is 7. The van der Waals surface area contributed by atoms with Gasteiger partial charge in [-0.25, -0.2) is 4.98 Å². The average molecular weight is 1260 g/mol. The molecule has 1 aliphatic heterocycles. The molecule has 2 aliphatic rings. The van der Waals surface area contributed by atoms with E-state index in [1.807, 2.05) is 79.5 Å². The second-order valence-corrected chi connectivity index (χ2v) is 21.8. The lowest BCUT2D eigenvalue weighted by Gasteiger charge is -2.32. The van der Waals surface area contributed by atoms with E-state index >= 15 is 0 Å². The van der Waals surface area contributed by atoms with Gasteiger partial charge < -0.3 is 65.1 Å². The Labute approximate surface area is 516 Å². The number of rotatable bonds is 37. The van der Waals surface area contributed by atoms with Crippen LogP contribution >= 0.6 is 27.3 Å². The Kier molecular flexibility index (Phi) is 35.0. The van der Waals surface area contributed by atoms with Crippen molar-refractivity contribution < 1.29 is 42.9 Å². The number of benzene rings is 3. The highest BCUT2D eigenvalue weighted by molar-refractivity contribution is 9.10. The van der Waals surface area contributed by atoms with Crippen LogP contribution in [0.2, 0.25) is 0 Å². The van der Waals surface area contributed by atoms with E-state index in [2.05, 4.69) is 103 Å². The fourth-order valence-electron chi connectivity index (χ4n) is 8.27. The Balaban J connectivity index is 0.000000298. The molecule has 4 amide bonds. The molecule has 1 saturated carbocycles. The molecule has 1 atom stereocenters. The van der Waals surface area contributed by atoms with Crippen LogP contribution in [0.3, 0.4) is 0 Å². The van der Waals surface area contributed by atoms with E-state index in [1.54, 1.807) is 34.7 Å².